The molecule has 16 heavy (non-hydrogen) atoms. The molecule has 0 aromatic carbocycles. The van der Waals surface area contributed by atoms with Gasteiger partial charge in [0.05, 0.1) is 12.4 Å². The van der Waals surface area contributed by atoms with Crippen molar-refractivity contribution in [1.29, 1.82) is 0 Å². The molecule has 0 saturated heterocycles. The molecule has 2 atom stereocenters. The highest BCUT2D eigenvalue weighted by atomic mass is 32.2. The van der Waals surface area contributed by atoms with Crippen LogP contribution in [-0.2, 0) is 20.6 Å². The Kier molecular flexibility index (Phi) is 5.98. The third kappa shape index (κ3) is 4.22. The van der Waals surface area contributed by atoms with Crippen molar-refractivity contribution in [1.82, 2.24) is 0 Å². The summed E-state index contributed by atoms with van der Waals surface area (Å²) < 4.78 is 25.1. The molecule has 0 spiro atoms. The van der Waals surface area contributed by atoms with Gasteiger partial charge in [-0.3, -0.25) is 4.79 Å². The highest BCUT2D eigenvalue weighted by Crippen LogP contribution is 2.30. The van der Waals surface area contributed by atoms with Gasteiger partial charge < -0.3 is 9.29 Å². The molecule has 0 radical (unpaired) electrons. The summed E-state index contributed by atoms with van der Waals surface area (Å²) in [4.78, 5) is 11.0. The first-order chi connectivity index (χ1) is 7.65. The fourth-order valence-corrected chi connectivity index (χ4v) is 3.29. The minimum atomic E-state index is -1.83. The van der Waals surface area contributed by atoms with E-state index in [1.807, 2.05) is 0 Å². The molecule has 0 bridgehead atoms. The first kappa shape index (κ1) is 13.6. The van der Waals surface area contributed by atoms with Crippen molar-refractivity contribution in [2.45, 2.75) is 50.2 Å². The largest absolute Gasteiger partial charge is 0.469 e. The summed E-state index contributed by atoms with van der Waals surface area (Å²) in [5.41, 5.74) is 0. The molecule has 1 saturated carbocycles. The smallest absolute Gasteiger partial charge is 0.305 e. The third-order valence-electron chi connectivity index (χ3n) is 3.30. The molecule has 0 aliphatic heterocycles. The van der Waals surface area contributed by atoms with Crippen molar-refractivity contribution in [3.05, 3.63) is 0 Å². The van der Waals surface area contributed by atoms with Gasteiger partial charge in [0, 0.05) is 6.42 Å². The van der Waals surface area contributed by atoms with Gasteiger partial charge in [0.15, 0.2) is 11.1 Å². The molecule has 2 unspecified atom stereocenters. The first-order valence-corrected chi connectivity index (χ1v) is 6.98. The van der Waals surface area contributed by atoms with Gasteiger partial charge in [-0.15, -0.1) is 0 Å². The molecule has 1 fully saturated rings. The van der Waals surface area contributed by atoms with Gasteiger partial charge in [-0.05, 0) is 25.2 Å². The van der Waals surface area contributed by atoms with Crippen LogP contribution in [0.25, 0.3) is 0 Å². The molecule has 5 heteroatoms. The minimum Gasteiger partial charge on any atom is -0.469 e. The van der Waals surface area contributed by atoms with Crippen molar-refractivity contribution in [3.63, 3.8) is 0 Å². The van der Waals surface area contributed by atoms with Crippen LogP contribution < -0.4 is 0 Å². The van der Waals surface area contributed by atoms with Crippen molar-refractivity contribution in [2.24, 2.45) is 5.92 Å². The maximum atomic E-state index is 11.3. The molecule has 0 aromatic rings. The van der Waals surface area contributed by atoms with Crippen LogP contribution in [0.2, 0.25) is 0 Å². The van der Waals surface area contributed by atoms with Crippen LogP contribution in [0.4, 0.5) is 0 Å². The predicted octanol–water partition coefficient (Wildman–Crippen LogP) is 2.11. The fraction of sp³-hybridized carbons (Fsp3) is 0.909. The summed E-state index contributed by atoms with van der Waals surface area (Å²) >= 11 is -1.83. The topological polar surface area (TPSA) is 63.6 Å². The van der Waals surface area contributed by atoms with Crippen molar-refractivity contribution >= 4 is 17.0 Å². The van der Waals surface area contributed by atoms with Crippen molar-refractivity contribution in [2.75, 3.05) is 7.11 Å². The zero-order valence-corrected chi connectivity index (χ0v) is 10.5. The van der Waals surface area contributed by atoms with Crippen LogP contribution in [0.3, 0.4) is 0 Å². The van der Waals surface area contributed by atoms with E-state index in [1.165, 1.54) is 13.5 Å². The van der Waals surface area contributed by atoms with Gasteiger partial charge in [-0.1, -0.05) is 19.3 Å². The Hall–Kier alpha value is -0.420. The Morgan fingerprint density at radius 1 is 1.44 bits per heavy atom. The number of ether oxygens (including phenoxy) is 1. The second-order valence-corrected chi connectivity index (χ2v) is 5.49. The number of carbonyl (C=O) groups is 1. The van der Waals surface area contributed by atoms with Crippen molar-refractivity contribution in [3.8, 4) is 0 Å². The van der Waals surface area contributed by atoms with E-state index in [0.717, 1.165) is 25.7 Å². The van der Waals surface area contributed by atoms with Crippen LogP contribution in [0.1, 0.15) is 44.9 Å². The highest BCUT2D eigenvalue weighted by Gasteiger charge is 2.28. The lowest BCUT2D eigenvalue weighted by atomic mass is 9.85. The normalized spacial score (nSPS) is 21.4. The minimum absolute atomic E-state index is 0.240. The molecule has 1 aliphatic carbocycles. The first-order valence-electron chi connectivity index (χ1n) is 5.81. The monoisotopic (exact) mass is 248 g/mol. The standard InChI is InChI=1S/C11H20O4S/c1-15-11(12)8-7-10(16(13)14)9-5-3-2-4-6-9/h9-10H,2-8H2,1H3,(H,13,14). The lowest BCUT2D eigenvalue weighted by Gasteiger charge is -2.27. The number of rotatable bonds is 5. The Morgan fingerprint density at radius 2 is 2.06 bits per heavy atom. The molecule has 0 aromatic heterocycles. The number of hydrogen-bond donors (Lipinski definition) is 1. The second kappa shape index (κ2) is 7.01. The molecule has 94 valence electrons. The lowest BCUT2D eigenvalue weighted by Crippen LogP contribution is -2.28. The third-order valence-corrected chi connectivity index (χ3v) is 4.43. The van der Waals surface area contributed by atoms with E-state index >= 15 is 0 Å². The molecule has 0 amide bonds. The zero-order valence-electron chi connectivity index (χ0n) is 9.68. The molecular formula is C11H20O4S. The zero-order chi connectivity index (χ0) is 12.0. The van der Waals surface area contributed by atoms with Gasteiger partial charge in [-0.25, -0.2) is 4.21 Å². The average molecular weight is 248 g/mol. The van der Waals surface area contributed by atoms with E-state index in [9.17, 15) is 13.6 Å². The fourth-order valence-electron chi connectivity index (χ4n) is 2.37. The van der Waals surface area contributed by atoms with E-state index in [4.69, 9.17) is 0 Å². The van der Waals surface area contributed by atoms with E-state index in [-0.39, 0.29) is 17.6 Å². The van der Waals surface area contributed by atoms with E-state index in [1.54, 1.807) is 0 Å². The summed E-state index contributed by atoms with van der Waals surface area (Å²) in [7, 11) is 1.34. The van der Waals surface area contributed by atoms with Gasteiger partial charge >= 0.3 is 5.97 Å². The molecular weight excluding hydrogens is 228 g/mol. The van der Waals surface area contributed by atoms with Crippen LogP contribution in [0.15, 0.2) is 0 Å². The number of esters is 1. The Bertz CT molecular complexity index is 248. The SMILES string of the molecule is COC(=O)CCC(C1CCCCC1)S(=O)O. The number of methoxy groups -OCH3 is 1. The van der Waals surface area contributed by atoms with Crippen molar-refractivity contribution < 1.29 is 18.3 Å². The molecule has 1 aliphatic rings. The summed E-state index contributed by atoms with van der Waals surface area (Å²) in [6.07, 6.45) is 6.21. The quantitative estimate of drug-likeness (QED) is 0.598. The van der Waals surface area contributed by atoms with Gasteiger partial charge in [0.1, 0.15) is 0 Å². The Balaban J connectivity index is 2.46. The van der Waals surface area contributed by atoms with Gasteiger partial charge in [0.25, 0.3) is 0 Å². The van der Waals surface area contributed by atoms with Gasteiger partial charge in [-0.2, -0.15) is 0 Å². The van der Waals surface area contributed by atoms with Crippen LogP contribution >= 0.6 is 0 Å². The maximum Gasteiger partial charge on any atom is 0.305 e. The lowest BCUT2D eigenvalue weighted by molar-refractivity contribution is -0.140. The summed E-state index contributed by atoms with van der Waals surface area (Å²) in [6, 6.07) is 0. The molecule has 1 rings (SSSR count). The number of hydrogen-bond acceptors (Lipinski definition) is 3. The van der Waals surface area contributed by atoms with E-state index in [2.05, 4.69) is 4.74 Å². The van der Waals surface area contributed by atoms with E-state index in [0.29, 0.717) is 12.3 Å². The molecule has 4 nitrogen and oxygen atoms in total. The van der Waals surface area contributed by atoms with E-state index < -0.39 is 11.1 Å². The van der Waals surface area contributed by atoms with Crippen LogP contribution in [0, 0.1) is 5.92 Å². The summed E-state index contributed by atoms with van der Waals surface area (Å²) in [6.45, 7) is 0. The average Bonchev–Trinajstić information content (AvgIpc) is 2.30. The van der Waals surface area contributed by atoms with Crippen LogP contribution in [0.5, 0.6) is 0 Å². The summed E-state index contributed by atoms with van der Waals surface area (Å²) in [5, 5.41) is -0.264. The summed E-state index contributed by atoms with van der Waals surface area (Å²) in [5.74, 6) is -0.00417. The Morgan fingerprint density at radius 3 is 2.56 bits per heavy atom. The number of carbonyl (C=O) groups excluding carboxylic acids is 1. The Labute approximate surface area is 99.0 Å². The van der Waals surface area contributed by atoms with Gasteiger partial charge in [0.2, 0.25) is 0 Å². The second-order valence-electron chi connectivity index (χ2n) is 4.33. The van der Waals surface area contributed by atoms with Crippen LogP contribution in [-0.4, -0.2) is 27.1 Å². The highest BCUT2D eigenvalue weighted by molar-refractivity contribution is 7.79. The molecule has 1 N–H and O–H groups in total. The predicted molar refractivity (Wildman–Crippen MR) is 62.4 cm³/mol. The maximum absolute atomic E-state index is 11.3. The molecule has 0 heterocycles.